The number of carbonyl (C=O) groups is 4. The summed E-state index contributed by atoms with van der Waals surface area (Å²) in [6.07, 6.45) is 0.580. The summed E-state index contributed by atoms with van der Waals surface area (Å²) in [7, 11) is 0. The van der Waals surface area contributed by atoms with Crippen molar-refractivity contribution in [2.75, 3.05) is 18.5 Å². The maximum Gasteiger partial charge on any atom is 0.302 e. The minimum Gasteiger partial charge on any atom is -0.508 e. The van der Waals surface area contributed by atoms with Crippen LogP contribution in [0.5, 0.6) is 11.5 Å². The first-order valence-corrected chi connectivity index (χ1v) is 15.3. The monoisotopic (exact) mass is 627 g/mol. The summed E-state index contributed by atoms with van der Waals surface area (Å²) in [4.78, 5) is 55.0. The smallest absolute Gasteiger partial charge is 0.302 e. The molecule has 0 saturated heterocycles. The Labute approximate surface area is 262 Å². The molecule has 3 N–H and O–H groups in total. The van der Waals surface area contributed by atoms with Gasteiger partial charge in [-0.05, 0) is 72.8 Å². The van der Waals surface area contributed by atoms with Gasteiger partial charge >= 0.3 is 5.97 Å². The SMILES string of the molecule is CC(=O)OCC(C)(C)CNc1ccc(Sc2ccc(O)cc2)c2c1C(=O)c1c(Sc3ccc(O)cc3)ccc(C=O)c1C2=O. The van der Waals surface area contributed by atoms with Crippen LogP contribution in [0, 0.1) is 5.41 Å². The molecule has 0 saturated carbocycles. The van der Waals surface area contributed by atoms with Gasteiger partial charge in [0.15, 0.2) is 17.9 Å². The first-order valence-electron chi connectivity index (χ1n) is 13.7. The fourth-order valence-electron chi connectivity index (χ4n) is 4.75. The summed E-state index contributed by atoms with van der Waals surface area (Å²) in [5, 5.41) is 22.8. The van der Waals surface area contributed by atoms with Crippen LogP contribution >= 0.6 is 23.5 Å². The van der Waals surface area contributed by atoms with Gasteiger partial charge in [-0.3, -0.25) is 19.2 Å². The number of carbonyl (C=O) groups excluding carboxylic acids is 4. The van der Waals surface area contributed by atoms with Crippen LogP contribution < -0.4 is 5.32 Å². The van der Waals surface area contributed by atoms with Crippen LogP contribution in [0.2, 0.25) is 0 Å². The average Bonchev–Trinajstić information content (AvgIpc) is 3.00. The van der Waals surface area contributed by atoms with Crippen LogP contribution in [0.15, 0.2) is 92.4 Å². The molecule has 1 aliphatic rings. The van der Waals surface area contributed by atoms with Crippen LogP contribution in [-0.4, -0.2) is 47.2 Å². The number of phenolic OH excluding ortho intramolecular Hbond substituents is 2. The van der Waals surface area contributed by atoms with E-state index in [9.17, 15) is 29.4 Å². The lowest BCUT2D eigenvalue weighted by molar-refractivity contribution is -0.143. The zero-order chi connectivity index (χ0) is 31.6. The van der Waals surface area contributed by atoms with Crippen LogP contribution in [-0.2, 0) is 9.53 Å². The third-order valence-electron chi connectivity index (χ3n) is 6.95. The summed E-state index contributed by atoms with van der Waals surface area (Å²) >= 11 is 2.52. The molecular weight excluding hydrogens is 599 g/mol. The predicted molar refractivity (Wildman–Crippen MR) is 168 cm³/mol. The van der Waals surface area contributed by atoms with E-state index in [0.29, 0.717) is 28.3 Å². The number of ketones is 2. The van der Waals surface area contributed by atoms with Crippen molar-refractivity contribution in [2.45, 2.75) is 40.4 Å². The zero-order valence-corrected chi connectivity index (χ0v) is 25.8. The van der Waals surface area contributed by atoms with E-state index in [1.54, 1.807) is 42.5 Å². The molecule has 0 fully saturated rings. The number of aromatic hydroxyl groups is 2. The van der Waals surface area contributed by atoms with E-state index in [-0.39, 0.29) is 45.9 Å². The molecule has 0 aromatic heterocycles. The number of ether oxygens (including phenoxy) is 1. The Bertz CT molecular complexity index is 1780. The first-order chi connectivity index (χ1) is 21.0. The lowest BCUT2D eigenvalue weighted by Gasteiger charge is -2.28. The third-order valence-corrected chi connectivity index (χ3v) is 9.09. The topological polar surface area (TPSA) is 130 Å². The Morgan fingerprint density at radius 2 is 1.27 bits per heavy atom. The van der Waals surface area contributed by atoms with Crippen molar-refractivity contribution in [3.63, 3.8) is 0 Å². The number of fused-ring (bicyclic) bond motifs is 2. The number of nitrogens with one attached hydrogen (secondary N) is 1. The molecule has 8 nitrogen and oxygen atoms in total. The highest BCUT2D eigenvalue weighted by Gasteiger charge is 2.38. The largest absolute Gasteiger partial charge is 0.508 e. The van der Waals surface area contributed by atoms with Crippen LogP contribution in [0.25, 0.3) is 0 Å². The van der Waals surface area contributed by atoms with Gasteiger partial charge in [0, 0.05) is 66.4 Å². The molecule has 4 aromatic carbocycles. The van der Waals surface area contributed by atoms with Crippen molar-refractivity contribution in [1.29, 1.82) is 0 Å². The standard InChI is InChI=1S/C34H29NO7S2/c1-19(37)42-18-34(2,3)17-35-25-13-15-27(44-24-11-7-22(39)8-12-24)31-29(25)33(41)30-26(43-23-9-5-21(38)6-10-23)14-4-20(16-36)28(30)32(31)40/h4-16,35,38-39H,17-18H2,1-3H3. The van der Waals surface area contributed by atoms with Gasteiger partial charge in [-0.15, -0.1) is 0 Å². The highest BCUT2D eigenvalue weighted by molar-refractivity contribution is 7.99. The second-order valence-electron chi connectivity index (χ2n) is 11.0. The van der Waals surface area contributed by atoms with Crippen molar-refractivity contribution >= 4 is 53.0 Å². The molecule has 44 heavy (non-hydrogen) atoms. The van der Waals surface area contributed by atoms with E-state index in [4.69, 9.17) is 4.74 Å². The van der Waals surface area contributed by atoms with E-state index in [1.807, 2.05) is 13.8 Å². The first kappa shape index (κ1) is 30.9. The molecular formula is C34H29NO7S2. The summed E-state index contributed by atoms with van der Waals surface area (Å²) in [5.74, 6) is -1.06. The van der Waals surface area contributed by atoms with Gasteiger partial charge in [0.05, 0.1) is 12.2 Å². The van der Waals surface area contributed by atoms with Gasteiger partial charge in [0.25, 0.3) is 0 Å². The van der Waals surface area contributed by atoms with Crippen molar-refractivity contribution in [3.8, 4) is 11.5 Å². The summed E-state index contributed by atoms with van der Waals surface area (Å²) < 4.78 is 5.22. The number of hydrogen-bond acceptors (Lipinski definition) is 10. The van der Waals surface area contributed by atoms with Gasteiger partial charge < -0.3 is 20.3 Å². The molecule has 0 unspecified atom stereocenters. The predicted octanol–water partition coefficient (Wildman–Crippen LogP) is 6.99. The number of esters is 1. The van der Waals surface area contributed by atoms with E-state index < -0.39 is 23.0 Å². The molecule has 4 aromatic rings. The quantitative estimate of drug-likeness (QED) is 0.110. The molecule has 0 radical (unpaired) electrons. The summed E-state index contributed by atoms with van der Waals surface area (Å²) in [6.45, 7) is 5.64. The van der Waals surface area contributed by atoms with E-state index in [1.165, 1.54) is 60.8 Å². The lowest BCUT2D eigenvalue weighted by atomic mass is 9.81. The van der Waals surface area contributed by atoms with Crippen molar-refractivity contribution in [2.24, 2.45) is 5.41 Å². The van der Waals surface area contributed by atoms with Gasteiger partial charge in [0.1, 0.15) is 11.5 Å². The Hall–Kier alpha value is -4.54. The van der Waals surface area contributed by atoms with Crippen molar-refractivity contribution in [1.82, 2.24) is 0 Å². The van der Waals surface area contributed by atoms with Crippen LogP contribution in [0.4, 0.5) is 5.69 Å². The number of hydrogen-bond donors (Lipinski definition) is 3. The number of benzene rings is 4. The minimum absolute atomic E-state index is 0.0428. The molecule has 0 amide bonds. The molecule has 0 heterocycles. The maximum absolute atomic E-state index is 14.5. The fourth-order valence-corrected chi connectivity index (χ4v) is 6.66. The third kappa shape index (κ3) is 6.51. The van der Waals surface area contributed by atoms with E-state index in [2.05, 4.69) is 5.32 Å². The van der Waals surface area contributed by atoms with Gasteiger partial charge in [-0.2, -0.15) is 0 Å². The Morgan fingerprint density at radius 1 is 0.773 bits per heavy atom. The fraction of sp³-hybridized carbons (Fsp3) is 0.176. The number of anilines is 1. The summed E-state index contributed by atoms with van der Waals surface area (Å²) in [5.41, 5.74) is 0.596. The maximum atomic E-state index is 14.5. The van der Waals surface area contributed by atoms with Crippen LogP contribution in [0.1, 0.15) is 63.0 Å². The molecule has 0 bridgehead atoms. The van der Waals surface area contributed by atoms with Crippen LogP contribution in [0.3, 0.4) is 0 Å². The molecule has 5 rings (SSSR count). The van der Waals surface area contributed by atoms with Gasteiger partial charge in [0.2, 0.25) is 0 Å². The molecule has 10 heteroatoms. The van der Waals surface area contributed by atoms with E-state index in [0.717, 1.165) is 9.79 Å². The Balaban J connectivity index is 1.64. The highest BCUT2D eigenvalue weighted by Crippen LogP contribution is 2.44. The van der Waals surface area contributed by atoms with Gasteiger partial charge in [-0.25, -0.2) is 0 Å². The number of phenols is 2. The average molecular weight is 628 g/mol. The van der Waals surface area contributed by atoms with Gasteiger partial charge in [-0.1, -0.05) is 37.4 Å². The van der Waals surface area contributed by atoms with Crippen molar-refractivity contribution in [3.05, 3.63) is 101 Å². The number of rotatable bonds is 10. The zero-order valence-electron chi connectivity index (χ0n) is 24.2. The minimum atomic E-state index is -0.498. The second kappa shape index (κ2) is 12.6. The summed E-state index contributed by atoms with van der Waals surface area (Å²) in [6, 6.07) is 19.7. The molecule has 0 atom stereocenters. The molecule has 224 valence electrons. The van der Waals surface area contributed by atoms with Crippen molar-refractivity contribution < 1.29 is 34.1 Å². The van der Waals surface area contributed by atoms with E-state index >= 15 is 0 Å². The number of aldehydes is 1. The Morgan fingerprint density at radius 3 is 1.80 bits per heavy atom. The second-order valence-corrected chi connectivity index (χ2v) is 13.3. The Kier molecular flexibility index (Phi) is 8.85. The normalized spacial score (nSPS) is 12.3. The molecule has 0 aliphatic heterocycles. The molecule has 1 aliphatic carbocycles. The molecule has 0 spiro atoms. The lowest BCUT2D eigenvalue weighted by Crippen LogP contribution is -2.31. The highest BCUT2D eigenvalue weighted by atomic mass is 32.2.